The monoisotopic (exact) mass is 375 g/mol. The molecule has 9 heteroatoms. The normalized spacial score (nSPS) is 10.6. The zero-order valence-corrected chi connectivity index (χ0v) is 14.0. The lowest BCUT2D eigenvalue weighted by Crippen LogP contribution is -2.30. The van der Waals surface area contributed by atoms with Crippen LogP contribution in [0.2, 0.25) is 0 Å². The molecule has 0 fully saturated rings. The molecule has 0 aliphatic carbocycles. The van der Waals surface area contributed by atoms with E-state index in [1.54, 1.807) is 24.3 Å². The highest BCUT2D eigenvalue weighted by molar-refractivity contribution is 5.77. The van der Waals surface area contributed by atoms with Crippen LogP contribution in [0.4, 0.5) is 8.78 Å². The van der Waals surface area contributed by atoms with E-state index in [9.17, 15) is 18.4 Å². The molecule has 0 aliphatic heterocycles. The van der Waals surface area contributed by atoms with Crippen molar-refractivity contribution in [2.75, 3.05) is 13.2 Å². The molecule has 0 radical (unpaired) electrons. The van der Waals surface area contributed by atoms with Crippen molar-refractivity contribution in [2.45, 2.75) is 6.42 Å². The SMILES string of the molecule is O=C(COc1ccc(-c2noc(=O)[nH]2)cc1)NCCc1cc(F)ccc1F. The van der Waals surface area contributed by atoms with E-state index >= 15 is 0 Å². The van der Waals surface area contributed by atoms with Gasteiger partial charge in [-0.1, -0.05) is 5.16 Å². The minimum Gasteiger partial charge on any atom is -0.484 e. The van der Waals surface area contributed by atoms with Crippen molar-refractivity contribution in [2.24, 2.45) is 0 Å². The molecule has 2 aromatic carbocycles. The molecule has 0 saturated carbocycles. The van der Waals surface area contributed by atoms with Crippen LogP contribution in [0, 0.1) is 11.6 Å². The first kappa shape index (κ1) is 18.3. The number of halogens is 2. The van der Waals surface area contributed by atoms with Gasteiger partial charge in [0.2, 0.25) is 0 Å². The van der Waals surface area contributed by atoms with Crippen LogP contribution in [0.1, 0.15) is 5.56 Å². The molecular weight excluding hydrogens is 360 g/mol. The lowest BCUT2D eigenvalue weighted by molar-refractivity contribution is -0.123. The molecule has 0 atom stereocenters. The Balaban J connectivity index is 1.45. The van der Waals surface area contributed by atoms with Gasteiger partial charge in [0.15, 0.2) is 12.4 Å². The third kappa shape index (κ3) is 5.00. The molecule has 1 aromatic heterocycles. The van der Waals surface area contributed by atoms with Crippen LogP contribution in [0.25, 0.3) is 11.4 Å². The fourth-order valence-corrected chi connectivity index (χ4v) is 2.33. The number of aromatic amines is 1. The topological polar surface area (TPSA) is 97.2 Å². The minimum atomic E-state index is -0.653. The zero-order chi connectivity index (χ0) is 19.2. The summed E-state index contributed by atoms with van der Waals surface area (Å²) in [4.78, 5) is 25.1. The number of carbonyl (C=O) groups is 1. The highest BCUT2D eigenvalue weighted by Crippen LogP contribution is 2.18. The number of H-pyrrole nitrogens is 1. The molecule has 0 bridgehead atoms. The van der Waals surface area contributed by atoms with Crippen molar-refractivity contribution >= 4 is 5.91 Å². The molecule has 3 rings (SSSR count). The standard InChI is InChI=1S/C18H15F2N3O4/c19-13-3-6-15(20)12(9-13)7-8-21-16(24)10-26-14-4-1-11(2-5-14)17-22-18(25)27-23-17/h1-6,9H,7-8,10H2,(H,21,24)(H,22,23,25). The quantitative estimate of drug-likeness (QED) is 0.659. The van der Waals surface area contributed by atoms with Crippen molar-refractivity contribution in [1.82, 2.24) is 15.5 Å². The van der Waals surface area contributed by atoms with Crippen LogP contribution in [-0.2, 0) is 11.2 Å². The summed E-state index contributed by atoms with van der Waals surface area (Å²) in [5, 5.41) is 6.13. The second kappa shape index (κ2) is 8.26. The molecule has 27 heavy (non-hydrogen) atoms. The van der Waals surface area contributed by atoms with Gasteiger partial charge in [-0.3, -0.25) is 14.3 Å². The van der Waals surface area contributed by atoms with E-state index in [0.717, 1.165) is 18.2 Å². The molecule has 2 N–H and O–H groups in total. The molecular formula is C18H15F2N3O4. The predicted octanol–water partition coefficient (Wildman–Crippen LogP) is 2.05. The van der Waals surface area contributed by atoms with E-state index in [4.69, 9.17) is 4.74 Å². The number of amides is 1. The van der Waals surface area contributed by atoms with Gasteiger partial charge in [0.1, 0.15) is 17.4 Å². The summed E-state index contributed by atoms with van der Waals surface area (Å²) in [6.45, 7) is -0.0766. The van der Waals surface area contributed by atoms with E-state index in [2.05, 4.69) is 20.0 Å². The van der Waals surface area contributed by atoms with Gasteiger partial charge in [-0.15, -0.1) is 0 Å². The number of aromatic nitrogens is 2. The summed E-state index contributed by atoms with van der Waals surface area (Å²) in [5.41, 5.74) is 0.812. The van der Waals surface area contributed by atoms with Crippen molar-refractivity contribution in [3.63, 3.8) is 0 Å². The van der Waals surface area contributed by atoms with Crippen molar-refractivity contribution in [3.8, 4) is 17.1 Å². The number of nitrogens with zero attached hydrogens (tertiary/aromatic N) is 1. The number of nitrogens with one attached hydrogen (secondary N) is 2. The summed E-state index contributed by atoms with van der Waals surface area (Å²) in [6.07, 6.45) is 0.167. The summed E-state index contributed by atoms with van der Waals surface area (Å²) in [6, 6.07) is 9.70. The third-order valence-corrected chi connectivity index (χ3v) is 3.66. The molecule has 1 amide bonds. The Morgan fingerprint density at radius 2 is 1.96 bits per heavy atom. The molecule has 3 aromatic rings. The number of hydrogen-bond acceptors (Lipinski definition) is 5. The number of carbonyl (C=O) groups excluding carboxylic acids is 1. The van der Waals surface area contributed by atoms with Gasteiger partial charge in [-0.05, 0) is 54.4 Å². The van der Waals surface area contributed by atoms with Gasteiger partial charge in [0.05, 0.1) is 0 Å². The Morgan fingerprint density at radius 3 is 2.67 bits per heavy atom. The second-order valence-electron chi connectivity index (χ2n) is 5.59. The van der Waals surface area contributed by atoms with Gasteiger partial charge in [0.25, 0.3) is 5.91 Å². The van der Waals surface area contributed by atoms with Crippen LogP contribution < -0.4 is 15.8 Å². The number of benzene rings is 2. The van der Waals surface area contributed by atoms with Crippen LogP contribution in [0.15, 0.2) is 51.8 Å². The molecule has 1 heterocycles. The van der Waals surface area contributed by atoms with Crippen LogP contribution in [0.5, 0.6) is 5.75 Å². The third-order valence-electron chi connectivity index (χ3n) is 3.66. The van der Waals surface area contributed by atoms with Gasteiger partial charge in [0, 0.05) is 12.1 Å². The average Bonchev–Trinajstić information content (AvgIpc) is 3.10. The molecule has 0 aliphatic rings. The lowest BCUT2D eigenvalue weighted by Gasteiger charge is -2.08. The zero-order valence-electron chi connectivity index (χ0n) is 14.0. The van der Waals surface area contributed by atoms with E-state index in [1.165, 1.54) is 0 Å². The van der Waals surface area contributed by atoms with E-state index < -0.39 is 23.3 Å². The Morgan fingerprint density at radius 1 is 1.19 bits per heavy atom. The Kier molecular flexibility index (Phi) is 5.60. The van der Waals surface area contributed by atoms with Gasteiger partial charge in [-0.25, -0.2) is 13.6 Å². The number of ether oxygens (including phenoxy) is 1. The van der Waals surface area contributed by atoms with Gasteiger partial charge in [-0.2, -0.15) is 0 Å². The molecule has 0 unspecified atom stereocenters. The maximum absolute atomic E-state index is 13.5. The molecule has 0 spiro atoms. The smallest absolute Gasteiger partial charge is 0.439 e. The summed E-state index contributed by atoms with van der Waals surface area (Å²) in [5.74, 6) is -1.36. The van der Waals surface area contributed by atoms with Crippen molar-refractivity contribution < 1.29 is 22.8 Å². The Hall–Kier alpha value is -3.49. The van der Waals surface area contributed by atoms with Crippen LogP contribution in [-0.4, -0.2) is 29.2 Å². The first-order chi connectivity index (χ1) is 13.0. The first-order valence-corrected chi connectivity index (χ1v) is 8.01. The largest absolute Gasteiger partial charge is 0.484 e. The second-order valence-corrected chi connectivity index (χ2v) is 5.59. The van der Waals surface area contributed by atoms with Crippen LogP contribution >= 0.6 is 0 Å². The lowest BCUT2D eigenvalue weighted by atomic mass is 10.1. The Labute approximate surface area is 152 Å². The highest BCUT2D eigenvalue weighted by Gasteiger charge is 2.07. The average molecular weight is 375 g/mol. The summed E-state index contributed by atoms with van der Waals surface area (Å²) < 4.78 is 36.3. The van der Waals surface area contributed by atoms with Gasteiger partial charge >= 0.3 is 5.76 Å². The maximum atomic E-state index is 13.5. The predicted molar refractivity (Wildman–Crippen MR) is 91.1 cm³/mol. The number of rotatable bonds is 7. The van der Waals surface area contributed by atoms with E-state index in [-0.39, 0.29) is 31.0 Å². The maximum Gasteiger partial charge on any atom is 0.439 e. The highest BCUT2D eigenvalue weighted by atomic mass is 19.1. The minimum absolute atomic E-state index is 0.154. The molecule has 0 saturated heterocycles. The first-order valence-electron chi connectivity index (χ1n) is 8.01. The van der Waals surface area contributed by atoms with E-state index in [0.29, 0.717) is 11.3 Å². The Bertz CT molecular complexity index is 983. The summed E-state index contributed by atoms with van der Waals surface area (Å²) in [7, 11) is 0. The van der Waals surface area contributed by atoms with Crippen molar-refractivity contribution in [1.29, 1.82) is 0 Å². The summed E-state index contributed by atoms with van der Waals surface area (Å²) >= 11 is 0. The van der Waals surface area contributed by atoms with Gasteiger partial charge < -0.3 is 10.1 Å². The van der Waals surface area contributed by atoms with Crippen LogP contribution in [0.3, 0.4) is 0 Å². The fraction of sp³-hybridized carbons (Fsp3) is 0.167. The molecule has 140 valence electrons. The molecule has 7 nitrogen and oxygen atoms in total. The van der Waals surface area contributed by atoms with E-state index in [1.807, 2.05) is 0 Å². The number of hydrogen-bond donors (Lipinski definition) is 2. The fourth-order valence-electron chi connectivity index (χ4n) is 2.33. The van der Waals surface area contributed by atoms with Crippen molar-refractivity contribution in [3.05, 3.63) is 70.2 Å².